The number of nitrogens with zero attached hydrogens (tertiary/aromatic N) is 2. The van der Waals surface area contributed by atoms with Gasteiger partial charge in [-0.2, -0.15) is 0 Å². The number of hydrogen-bond acceptors (Lipinski definition) is 3. The normalized spacial score (nSPS) is 15.6. The van der Waals surface area contributed by atoms with E-state index in [1.165, 1.54) is 36.7 Å². The van der Waals surface area contributed by atoms with Crippen LogP contribution in [0.15, 0.2) is 28.6 Å². The molecule has 1 fully saturated rings. The van der Waals surface area contributed by atoms with Crippen LogP contribution in [0.5, 0.6) is 0 Å². The fourth-order valence-electron chi connectivity index (χ4n) is 3.00. The number of anilines is 1. The predicted octanol–water partition coefficient (Wildman–Crippen LogP) is 4.20. The second-order valence-corrected chi connectivity index (χ2v) is 7.18. The molecule has 2 aromatic rings. The van der Waals surface area contributed by atoms with Gasteiger partial charge in [0.1, 0.15) is 11.6 Å². The van der Waals surface area contributed by atoms with Gasteiger partial charge in [0.15, 0.2) is 4.80 Å². The average Bonchev–Trinajstić information content (AvgIpc) is 2.92. The molecule has 1 heterocycles. The van der Waals surface area contributed by atoms with Crippen LogP contribution in [-0.2, 0) is 18.3 Å². The van der Waals surface area contributed by atoms with Crippen molar-refractivity contribution in [2.75, 3.05) is 5.32 Å². The van der Waals surface area contributed by atoms with Crippen LogP contribution in [0.1, 0.15) is 37.8 Å². The highest BCUT2D eigenvalue weighted by atomic mass is 35.5. The van der Waals surface area contributed by atoms with Gasteiger partial charge in [0.2, 0.25) is 5.91 Å². The SMILES string of the molecule is Cl.Cn1c(CC(=O)Nc2ccc(F)cc2F)csc1=NC1CCCCC1. The molecule has 0 aliphatic heterocycles. The summed E-state index contributed by atoms with van der Waals surface area (Å²) in [6.45, 7) is 0. The molecule has 0 saturated heterocycles. The van der Waals surface area contributed by atoms with Crippen LogP contribution in [0.2, 0.25) is 0 Å². The lowest BCUT2D eigenvalue weighted by Gasteiger charge is -2.16. The lowest BCUT2D eigenvalue weighted by molar-refractivity contribution is -0.115. The van der Waals surface area contributed by atoms with Crippen molar-refractivity contribution in [1.82, 2.24) is 4.57 Å². The van der Waals surface area contributed by atoms with Crippen molar-refractivity contribution < 1.29 is 13.6 Å². The summed E-state index contributed by atoms with van der Waals surface area (Å²) in [6.07, 6.45) is 6.09. The Labute approximate surface area is 161 Å². The molecule has 1 saturated carbocycles. The molecule has 1 amide bonds. The first kappa shape index (κ1) is 20.6. The number of hydrogen-bond donors (Lipinski definition) is 1. The maximum atomic E-state index is 13.6. The van der Waals surface area contributed by atoms with Crippen molar-refractivity contribution in [3.63, 3.8) is 0 Å². The third-order valence-corrected chi connectivity index (χ3v) is 5.41. The molecule has 1 aromatic heterocycles. The van der Waals surface area contributed by atoms with Crippen molar-refractivity contribution in [2.45, 2.75) is 44.6 Å². The van der Waals surface area contributed by atoms with Gasteiger partial charge in [-0.15, -0.1) is 23.7 Å². The Morgan fingerprint density at radius 3 is 2.73 bits per heavy atom. The molecule has 8 heteroatoms. The number of aromatic nitrogens is 1. The summed E-state index contributed by atoms with van der Waals surface area (Å²) in [5.74, 6) is -1.80. The van der Waals surface area contributed by atoms with E-state index in [0.29, 0.717) is 6.04 Å². The smallest absolute Gasteiger partial charge is 0.230 e. The molecule has 1 aliphatic rings. The van der Waals surface area contributed by atoms with E-state index in [2.05, 4.69) is 5.32 Å². The Morgan fingerprint density at radius 2 is 2.04 bits per heavy atom. The Morgan fingerprint density at radius 1 is 1.31 bits per heavy atom. The number of carbonyl (C=O) groups excluding carboxylic acids is 1. The maximum Gasteiger partial charge on any atom is 0.230 e. The van der Waals surface area contributed by atoms with Crippen LogP contribution in [-0.4, -0.2) is 16.5 Å². The van der Waals surface area contributed by atoms with Gasteiger partial charge in [0.05, 0.1) is 18.2 Å². The molecule has 3 rings (SSSR count). The summed E-state index contributed by atoms with van der Waals surface area (Å²) >= 11 is 1.52. The maximum absolute atomic E-state index is 13.6. The first-order valence-electron chi connectivity index (χ1n) is 8.45. The molecule has 0 radical (unpaired) electrons. The lowest BCUT2D eigenvalue weighted by Crippen LogP contribution is -2.22. The van der Waals surface area contributed by atoms with Gasteiger partial charge in [-0.1, -0.05) is 19.3 Å². The summed E-state index contributed by atoms with van der Waals surface area (Å²) in [5, 5.41) is 4.39. The Bertz CT molecular complexity index is 828. The average molecular weight is 402 g/mol. The third kappa shape index (κ3) is 5.14. The van der Waals surface area contributed by atoms with E-state index in [1.54, 1.807) is 0 Å². The zero-order valence-electron chi connectivity index (χ0n) is 14.5. The minimum atomic E-state index is -0.781. The van der Waals surface area contributed by atoms with Crippen LogP contribution < -0.4 is 10.1 Å². The molecule has 1 N–H and O–H groups in total. The van der Waals surface area contributed by atoms with E-state index in [-0.39, 0.29) is 30.4 Å². The zero-order valence-corrected chi connectivity index (χ0v) is 16.1. The molecule has 1 aliphatic carbocycles. The molecule has 0 atom stereocenters. The summed E-state index contributed by atoms with van der Waals surface area (Å²) in [5.41, 5.74) is 0.802. The van der Waals surface area contributed by atoms with Crippen LogP contribution >= 0.6 is 23.7 Å². The van der Waals surface area contributed by atoms with Crippen molar-refractivity contribution in [2.24, 2.45) is 12.0 Å². The van der Waals surface area contributed by atoms with E-state index in [9.17, 15) is 13.6 Å². The van der Waals surface area contributed by atoms with Crippen LogP contribution in [0.3, 0.4) is 0 Å². The fraction of sp³-hybridized carbons (Fsp3) is 0.444. The second-order valence-electron chi connectivity index (χ2n) is 6.34. The van der Waals surface area contributed by atoms with Gasteiger partial charge in [-0.3, -0.25) is 9.79 Å². The van der Waals surface area contributed by atoms with Crippen molar-refractivity contribution in [3.8, 4) is 0 Å². The molecule has 1 aromatic carbocycles. The van der Waals surface area contributed by atoms with Crippen molar-refractivity contribution >= 4 is 35.3 Å². The quantitative estimate of drug-likeness (QED) is 0.819. The van der Waals surface area contributed by atoms with Gasteiger partial charge < -0.3 is 9.88 Å². The van der Waals surface area contributed by atoms with E-state index >= 15 is 0 Å². The first-order valence-corrected chi connectivity index (χ1v) is 9.33. The fourth-order valence-corrected chi connectivity index (χ4v) is 3.96. The first-order chi connectivity index (χ1) is 12.0. The number of benzene rings is 1. The molecular formula is C18H22ClF2N3OS. The molecule has 142 valence electrons. The zero-order chi connectivity index (χ0) is 17.8. The topological polar surface area (TPSA) is 46.4 Å². The third-order valence-electron chi connectivity index (χ3n) is 4.43. The van der Waals surface area contributed by atoms with E-state index in [1.807, 2.05) is 17.0 Å². The van der Waals surface area contributed by atoms with E-state index < -0.39 is 11.6 Å². The van der Waals surface area contributed by atoms with Crippen LogP contribution in [0, 0.1) is 11.6 Å². The highest BCUT2D eigenvalue weighted by Crippen LogP contribution is 2.20. The second kappa shape index (κ2) is 9.28. The molecule has 26 heavy (non-hydrogen) atoms. The number of thiazole rings is 1. The molecule has 0 spiro atoms. The summed E-state index contributed by atoms with van der Waals surface area (Å²) in [6, 6.07) is 3.46. The number of amides is 1. The van der Waals surface area contributed by atoms with E-state index in [0.717, 1.165) is 35.5 Å². The number of nitrogens with one attached hydrogen (secondary N) is 1. The monoisotopic (exact) mass is 401 g/mol. The molecule has 0 unspecified atom stereocenters. The highest BCUT2D eigenvalue weighted by Gasteiger charge is 2.14. The predicted molar refractivity (Wildman–Crippen MR) is 102 cm³/mol. The number of carbonyl (C=O) groups is 1. The van der Waals surface area contributed by atoms with Gasteiger partial charge in [-0.05, 0) is 25.0 Å². The Balaban J connectivity index is 0.00000243. The summed E-state index contributed by atoms with van der Waals surface area (Å²) < 4.78 is 28.5. The van der Waals surface area contributed by atoms with Crippen LogP contribution in [0.4, 0.5) is 14.5 Å². The number of halogens is 3. The standard InChI is InChI=1S/C18H21F2N3OS.ClH/c1-23-14(11-25-18(23)21-13-5-3-2-4-6-13)10-17(24)22-16-8-7-12(19)9-15(16)20;/h7-9,11,13H,2-6,10H2,1H3,(H,22,24);1H. The van der Waals surface area contributed by atoms with Gasteiger partial charge >= 0.3 is 0 Å². The van der Waals surface area contributed by atoms with Gasteiger partial charge in [0, 0.05) is 24.2 Å². The molecule has 0 bridgehead atoms. The van der Waals surface area contributed by atoms with Crippen LogP contribution in [0.25, 0.3) is 0 Å². The molecule has 4 nitrogen and oxygen atoms in total. The highest BCUT2D eigenvalue weighted by molar-refractivity contribution is 7.07. The summed E-state index contributed by atoms with van der Waals surface area (Å²) in [7, 11) is 1.89. The Kier molecular flexibility index (Phi) is 7.34. The van der Waals surface area contributed by atoms with Gasteiger partial charge in [0.25, 0.3) is 0 Å². The minimum absolute atomic E-state index is 0. The Hall–Kier alpha value is -1.73. The summed E-state index contributed by atoms with van der Waals surface area (Å²) in [4.78, 5) is 17.9. The largest absolute Gasteiger partial charge is 0.324 e. The molecular weight excluding hydrogens is 380 g/mol. The minimum Gasteiger partial charge on any atom is -0.324 e. The van der Waals surface area contributed by atoms with Gasteiger partial charge in [-0.25, -0.2) is 8.78 Å². The lowest BCUT2D eigenvalue weighted by atomic mass is 9.96. The van der Waals surface area contributed by atoms with Crippen molar-refractivity contribution in [3.05, 3.63) is 45.7 Å². The number of rotatable bonds is 4. The van der Waals surface area contributed by atoms with E-state index in [4.69, 9.17) is 4.99 Å². The van der Waals surface area contributed by atoms with Crippen molar-refractivity contribution in [1.29, 1.82) is 0 Å².